The first-order valence-corrected chi connectivity index (χ1v) is 5.91. The molecule has 6 heteroatoms. The van der Waals surface area contributed by atoms with Gasteiger partial charge in [0.2, 0.25) is 0 Å². The summed E-state index contributed by atoms with van der Waals surface area (Å²) in [6.07, 6.45) is -1.90. The third-order valence-electron chi connectivity index (χ3n) is 3.26. The Hall–Kier alpha value is -1.46. The molecular weight excluding hydrogens is 243 g/mol. The van der Waals surface area contributed by atoms with Crippen molar-refractivity contribution in [3.63, 3.8) is 0 Å². The summed E-state index contributed by atoms with van der Waals surface area (Å²) in [5.41, 5.74) is 6.94. The van der Waals surface area contributed by atoms with Gasteiger partial charge in [0, 0.05) is 13.1 Å². The number of rotatable bonds is 1. The first-order chi connectivity index (χ1) is 8.38. The molecule has 3 nitrogen and oxygen atoms in total. The lowest BCUT2D eigenvalue weighted by atomic mass is 9.97. The van der Waals surface area contributed by atoms with Gasteiger partial charge in [-0.05, 0) is 31.4 Å². The van der Waals surface area contributed by atoms with Gasteiger partial charge in [-0.2, -0.15) is 13.2 Å². The second-order valence-corrected chi connectivity index (χ2v) is 4.74. The van der Waals surface area contributed by atoms with Crippen LogP contribution in [-0.4, -0.2) is 24.2 Å². The monoisotopic (exact) mass is 259 g/mol. The molecule has 0 bridgehead atoms. The van der Waals surface area contributed by atoms with Crippen molar-refractivity contribution in [2.24, 2.45) is 5.92 Å². The van der Waals surface area contributed by atoms with Crippen LogP contribution >= 0.6 is 0 Å². The van der Waals surface area contributed by atoms with Crippen molar-refractivity contribution in [3.05, 3.63) is 17.8 Å². The zero-order valence-electron chi connectivity index (χ0n) is 10.2. The number of alkyl halides is 3. The number of nitrogens with zero attached hydrogens (tertiary/aromatic N) is 2. The molecule has 1 fully saturated rings. The summed E-state index contributed by atoms with van der Waals surface area (Å²) in [6.45, 7) is 2.42. The number of hydrogen-bond donors (Lipinski definition) is 1. The lowest BCUT2D eigenvalue weighted by Crippen LogP contribution is -2.42. The molecule has 1 unspecified atom stereocenters. The highest BCUT2D eigenvalue weighted by atomic mass is 19.4. The van der Waals surface area contributed by atoms with Gasteiger partial charge in [-0.25, -0.2) is 4.98 Å². The highest BCUT2D eigenvalue weighted by Gasteiger charge is 2.42. The van der Waals surface area contributed by atoms with Crippen LogP contribution in [0.5, 0.6) is 0 Å². The molecule has 0 saturated carbocycles. The summed E-state index contributed by atoms with van der Waals surface area (Å²) in [5.74, 6) is -0.650. The Bertz CT molecular complexity index is 431. The topological polar surface area (TPSA) is 42.1 Å². The predicted octanol–water partition coefficient (Wildman–Crippen LogP) is 2.75. The summed E-state index contributed by atoms with van der Waals surface area (Å²) in [7, 11) is 0. The Morgan fingerprint density at radius 3 is 2.78 bits per heavy atom. The zero-order chi connectivity index (χ0) is 13.3. The Labute approximate surface area is 104 Å². The Morgan fingerprint density at radius 2 is 2.17 bits per heavy atom. The van der Waals surface area contributed by atoms with Crippen molar-refractivity contribution in [2.75, 3.05) is 23.7 Å². The fraction of sp³-hybridized carbons (Fsp3) is 0.583. The van der Waals surface area contributed by atoms with Crippen molar-refractivity contribution >= 4 is 11.5 Å². The van der Waals surface area contributed by atoms with Crippen LogP contribution in [0.2, 0.25) is 0 Å². The first-order valence-electron chi connectivity index (χ1n) is 5.91. The van der Waals surface area contributed by atoms with E-state index in [1.165, 1.54) is 6.20 Å². The van der Waals surface area contributed by atoms with Crippen LogP contribution in [0.15, 0.2) is 12.3 Å². The molecule has 1 saturated heterocycles. The van der Waals surface area contributed by atoms with E-state index in [0.29, 0.717) is 24.5 Å². The molecule has 2 rings (SSSR count). The van der Waals surface area contributed by atoms with Crippen LogP contribution < -0.4 is 10.6 Å². The van der Waals surface area contributed by atoms with Gasteiger partial charge >= 0.3 is 6.18 Å². The molecule has 0 radical (unpaired) electrons. The molecule has 0 aliphatic carbocycles. The maximum Gasteiger partial charge on any atom is 0.393 e. The Kier molecular flexibility index (Phi) is 3.36. The van der Waals surface area contributed by atoms with E-state index in [0.717, 1.165) is 5.56 Å². The molecule has 0 amide bonds. The molecule has 1 aromatic heterocycles. The van der Waals surface area contributed by atoms with Crippen molar-refractivity contribution in [2.45, 2.75) is 25.9 Å². The minimum absolute atomic E-state index is 0.0126. The molecule has 100 valence electrons. The Morgan fingerprint density at radius 1 is 1.44 bits per heavy atom. The largest absolute Gasteiger partial charge is 0.397 e. The number of piperidine rings is 1. The van der Waals surface area contributed by atoms with E-state index in [2.05, 4.69) is 4.98 Å². The summed E-state index contributed by atoms with van der Waals surface area (Å²) >= 11 is 0. The highest BCUT2D eigenvalue weighted by molar-refractivity contribution is 5.52. The third kappa shape index (κ3) is 2.68. The lowest BCUT2D eigenvalue weighted by molar-refractivity contribution is -0.176. The minimum atomic E-state index is -4.12. The fourth-order valence-electron chi connectivity index (χ4n) is 2.36. The summed E-state index contributed by atoms with van der Waals surface area (Å²) in [4.78, 5) is 5.86. The maximum absolute atomic E-state index is 12.7. The standard InChI is InChI=1S/C12H16F3N3/c1-8-5-10(16)6-17-11(8)18-4-2-3-9(7-18)12(13,14)15/h5-6,9H,2-4,7,16H2,1H3. The highest BCUT2D eigenvalue weighted by Crippen LogP contribution is 2.35. The lowest BCUT2D eigenvalue weighted by Gasteiger charge is -2.35. The molecule has 0 aromatic carbocycles. The number of aryl methyl sites for hydroxylation is 1. The second kappa shape index (κ2) is 4.66. The van der Waals surface area contributed by atoms with Gasteiger partial charge in [-0.3, -0.25) is 0 Å². The van der Waals surface area contributed by atoms with Crippen LogP contribution in [0.25, 0.3) is 0 Å². The van der Waals surface area contributed by atoms with E-state index in [1.807, 2.05) is 6.92 Å². The van der Waals surface area contributed by atoms with Crippen molar-refractivity contribution in [1.82, 2.24) is 4.98 Å². The normalized spacial score (nSPS) is 21.1. The molecule has 2 N–H and O–H groups in total. The van der Waals surface area contributed by atoms with Crippen LogP contribution in [-0.2, 0) is 0 Å². The molecule has 1 aliphatic rings. The van der Waals surface area contributed by atoms with E-state index in [1.54, 1.807) is 11.0 Å². The van der Waals surface area contributed by atoms with Crippen molar-refractivity contribution < 1.29 is 13.2 Å². The number of halogens is 3. The van der Waals surface area contributed by atoms with Crippen molar-refractivity contribution in [3.8, 4) is 0 Å². The molecule has 2 heterocycles. The van der Waals surface area contributed by atoms with Gasteiger partial charge in [0.1, 0.15) is 5.82 Å². The molecule has 1 aromatic rings. The van der Waals surface area contributed by atoms with Crippen LogP contribution in [0.4, 0.5) is 24.7 Å². The van der Waals surface area contributed by atoms with E-state index >= 15 is 0 Å². The Balaban J connectivity index is 2.18. The van der Waals surface area contributed by atoms with E-state index in [9.17, 15) is 13.2 Å². The number of nitrogen functional groups attached to an aromatic ring is 1. The summed E-state index contributed by atoms with van der Waals surface area (Å²) in [5, 5.41) is 0. The number of pyridine rings is 1. The number of aromatic nitrogens is 1. The van der Waals surface area contributed by atoms with Gasteiger partial charge in [-0.1, -0.05) is 0 Å². The van der Waals surface area contributed by atoms with Crippen LogP contribution in [0.3, 0.4) is 0 Å². The number of hydrogen-bond acceptors (Lipinski definition) is 3. The SMILES string of the molecule is Cc1cc(N)cnc1N1CCCC(C(F)(F)F)C1. The molecular formula is C12H16F3N3. The van der Waals surface area contributed by atoms with Gasteiger partial charge in [0.05, 0.1) is 17.8 Å². The average molecular weight is 259 g/mol. The van der Waals surface area contributed by atoms with E-state index in [4.69, 9.17) is 5.73 Å². The van der Waals surface area contributed by atoms with Crippen LogP contribution in [0, 0.1) is 12.8 Å². The molecule has 0 spiro atoms. The third-order valence-corrected chi connectivity index (χ3v) is 3.26. The predicted molar refractivity (Wildman–Crippen MR) is 64.4 cm³/mol. The molecule has 1 aliphatic heterocycles. The average Bonchev–Trinajstić information content (AvgIpc) is 2.28. The zero-order valence-corrected chi connectivity index (χ0v) is 10.2. The summed E-state index contributed by atoms with van der Waals surface area (Å²) in [6, 6.07) is 1.74. The maximum atomic E-state index is 12.7. The number of nitrogens with two attached hydrogens (primary N) is 1. The smallest absolute Gasteiger partial charge is 0.393 e. The van der Waals surface area contributed by atoms with Gasteiger partial charge in [0.15, 0.2) is 0 Å². The van der Waals surface area contributed by atoms with Gasteiger partial charge in [0.25, 0.3) is 0 Å². The van der Waals surface area contributed by atoms with Crippen LogP contribution in [0.1, 0.15) is 18.4 Å². The van der Waals surface area contributed by atoms with Gasteiger partial charge < -0.3 is 10.6 Å². The second-order valence-electron chi connectivity index (χ2n) is 4.74. The quantitative estimate of drug-likeness (QED) is 0.843. The van der Waals surface area contributed by atoms with E-state index < -0.39 is 12.1 Å². The van der Waals surface area contributed by atoms with E-state index in [-0.39, 0.29) is 13.0 Å². The molecule has 1 atom stereocenters. The minimum Gasteiger partial charge on any atom is -0.397 e. The summed E-state index contributed by atoms with van der Waals surface area (Å²) < 4.78 is 38.2. The molecule has 18 heavy (non-hydrogen) atoms. The first kappa shape index (κ1) is 13.0. The fourth-order valence-corrected chi connectivity index (χ4v) is 2.36. The number of anilines is 2. The van der Waals surface area contributed by atoms with Gasteiger partial charge in [-0.15, -0.1) is 0 Å². The van der Waals surface area contributed by atoms with Crippen molar-refractivity contribution in [1.29, 1.82) is 0 Å².